The van der Waals surface area contributed by atoms with Gasteiger partial charge in [-0.15, -0.1) is 0 Å². The summed E-state index contributed by atoms with van der Waals surface area (Å²) >= 11 is 0. The number of nitrogens with zero attached hydrogens (tertiary/aromatic N) is 1. The Morgan fingerprint density at radius 3 is 2.38 bits per heavy atom. The number of amides is 2. The van der Waals surface area contributed by atoms with Crippen molar-refractivity contribution in [1.82, 2.24) is 10.2 Å². The maximum atomic E-state index is 13.0. The molecule has 0 fully saturated rings. The summed E-state index contributed by atoms with van der Waals surface area (Å²) in [6.45, 7) is 5.82. The highest BCUT2D eigenvalue weighted by Crippen LogP contribution is 2.17. The second-order valence-electron chi connectivity index (χ2n) is 6.97. The number of carbonyl (C=O) groups is 2. The molecule has 0 aliphatic carbocycles. The first kappa shape index (κ1) is 22.3. The van der Waals surface area contributed by atoms with Crippen molar-refractivity contribution in [2.45, 2.75) is 45.8 Å². The molecule has 29 heavy (non-hydrogen) atoms. The summed E-state index contributed by atoms with van der Waals surface area (Å²) in [4.78, 5) is 27.2. The van der Waals surface area contributed by atoms with Crippen LogP contribution in [-0.2, 0) is 16.1 Å². The van der Waals surface area contributed by atoms with Crippen LogP contribution in [0.1, 0.15) is 32.8 Å². The molecular weight excluding hydrogens is 368 g/mol. The maximum Gasteiger partial charge on any atom is 0.261 e. The summed E-state index contributed by atoms with van der Waals surface area (Å²) in [5.41, 5.74) is 0.876. The summed E-state index contributed by atoms with van der Waals surface area (Å²) in [5, 5.41) is 2.95. The zero-order valence-corrected chi connectivity index (χ0v) is 17.6. The third-order valence-corrected chi connectivity index (χ3v) is 4.76. The second kappa shape index (κ2) is 11.1. The fourth-order valence-corrected chi connectivity index (χ4v) is 2.76. The standard InChI is InChI=1S/C23H30N2O4/c1-5-17(2)24-23(27)18(3)25(15-19-10-9-13-21(14-19)28-4)22(26)16-29-20-11-7-6-8-12-20/h6-14,17-18H,5,15-16H2,1-4H3,(H,24,27)/t17-,18-/m1/s1. The Labute approximate surface area is 172 Å². The van der Waals surface area contributed by atoms with Crippen LogP contribution >= 0.6 is 0 Å². The fraction of sp³-hybridized carbons (Fsp3) is 0.391. The van der Waals surface area contributed by atoms with Crippen molar-refractivity contribution < 1.29 is 19.1 Å². The van der Waals surface area contributed by atoms with E-state index in [1.54, 1.807) is 26.2 Å². The van der Waals surface area contributed by atoms with Crippen molar-refractivity contribution in [3.63, 3.8) is 0 Å². The van der Waals surface area contributed by atoms with Crippen LogP contribution in [-0.4, -0.2) is 42.5 Å². The van der Waals surface area contributed by atoms with Gasteiger partial charge in [0.25, 0.3) is 5.91 Å². The molecule has 0 unspecified atom stereocenters. The molecule has 2 amide bonds. The molecule has 0 heterocycles. The molecule has 1 N–H and O–H groups in total. The van der Waals surface area contributed by atoms with Crippen LogP contribution in [0.25, 0.3) is 0 Å². The summed E-state index contributed by atoms with van der Waals surface area (Å²) in [6, 6.07) is 16.0. The molecule has 0 saturated carbocycles. The first-order valence-electron chi connectivity index (χ1n) is 9.85. The van der Waals surface area contributed by atoms with Crippen LogP contribution in [0.5, 0.6) is 11.5 Å². The Morgan fingerprint density at radius 2 is 1.72 bits per heavy atom. The number of para-hydroxylation sites is 1. The fourth-order valence-electron chi connectivity index (χ4n) is 2.76. The molecule has 2 rings (SSSR count). The monoisotopic (exact) mass is 398 g/mol. The number of carbonyl (C=O) groups excluding carboxylic acids is 2. The van der Waals surface area contributed by atoms with Crippen LogP contribution in [0.2, 0.25) is 0 Å². The van der Waals surface area contributed by atoms with E-state index in [1.165, 1.54) is 4.90 Å². The molecule has 156 valence electrons. The van der Waals surface area contributed by atoms with Gasteiger partial charge < -0.3 is 19.7 Å². The van der Waals surface area contributed by atoms with Gasteiger partial charge >= 0.3 is 0 Å². The van der Waals surface area contributed by atoms with Gasteiger partial charge in [0.1, 0.15) is 17.5 Å². The number of hydrogen-bond donors (Lipinski definition) is 1. The quantitative estimate of drug-likeness (QED) is 0.666. The van der Waals surface area contributed by atoms with E-state index in [-0.39, 0.29) is 31.0 Å². The molecule has 0 aliphatic rings. The number of rotatable bonds is 10. The van der Waals surface area contributed by atoms with Crippen LogP contribution < -0.4 is 14.8 Å². The van der Waals surface area contributed by atoms with Gasteiger partial charge in [0, 0.05) is 12.6 Å². The van der Waals surface area contributed by atoms with E-state index in [0.29, 0.717) is 11.5 Å². The molecule has 2 aromatic carbocycles. The SMILES string of the molecule is CC[C@@H](C)NC(=O)[C@@H](C)N(Cc1cccc(OC)c1)C(=O)COc1ccccc1. The highest BCUT2D eigenvalue weighted by atomic mass is 16.5. The molecular formula is C23H30N2O4. The van der Waals surface area contributed by atoms with Crippen molar-refractivity contribution in [2.75, 3.05) is 13.7 Å². The van der Waals surface area contributed by atoms with Gasteiger partial charge in [-0.1, -0.05) is 37.3 Å². The van der Waals surface area contributed by atoms with Gasteiger partial charge in [0.15, 0.2) is 6.61 Å². The van der Waals surface area contributed by atoms with Gasteiger partial charge in [-0.3, -0.25) is 9.59 Å². The molecule has 0 aromatic heterocycles. The lowest BCUT2D eigenvalue weighted by molar-refractivity contribution is -0.142. The molecule has 6 heteroatoms. The van der Waals surface area contributed by atoms with Crippen molar-refractivity contribution in [2.24, 2.45) is 0 Å². The van der Waals surface area contributed by atoms with E-state index < -0.39 is 6.04 Å². The Bertz CT molecular complexity index is 794. The van der Waals surface area contributed by atoms with Crippen LogP contribution in [0.4, 0.5) is 0 Å². The van der Waals surface area contributed by atoms with E-state index in [9.17, 15) is 9.59 Å². The van der Waals surface area contributed by atoms with Crippen LogP contribution in [0.3, 0.4) is 0 Å². The van der Waals surface area contributed by atoms with Gasteiger partial charge in [-0.05, 0) is 50.1 Å². The Hall–Kier alpha value is -3.02. The average Bonchev–Trinajstić information content (AvgIpc) is 2.76. The normalized spacial score (nSPS) is 12.6. The second-order valence-corrected chi connectivity index (χ2v) is 6.97. The molecule has 0 radical (unpaired) electrons. The summed E-state index contributed by atoms with van der Waals surface area (Å²) in [5.74, 6) is 0.866. The van der Waals surface area contributed by atoms with Crippen molar-refractivity contribution >= 4 is 11.8 Å². The molecule has 0 spiro atoms. The number of hydrogen-bond acceptors (Lipinski definition) is 4. The predicted octanol–water partition coefficient (Wildman–Crippen LogP) is 3.41. The van der Waals surface area contributed by atoms with Crippen LogP contribution in [0.15, 0.2) is 54.6 Å². The molecule has 0 bridgehead atoms. The molecule has 6 nitrogen and oxygen atoms in total. The van der Waals surface area contributed by atoms with Crippen molar-refractivity contribution in [1.29, 1.82) is 0 Å². The summed E-state index contributed by atoms with van der Waals surface area (Å²) < 4.78 is 10.9. The van der Waals surface area contributed by atoms with Gasteiger partial charge in [0.05, 0.1) is 7.11 Å². The lowest BCUT2D eigenvalue weighted by Gasteiger charge is -2.29. The first-order valence-corrected chi connectivity index (χ1v) is 9.85. The van der Waals surface area contributed by atoms with E-state index in [2.05, 4.69) is 5.32 Å². The highest BCUT2D eigenvalue weighted by Gasteiger charge is 2.27. The van der Waals surface area contributed by atoms with Gasteiger partial charge in [-0.2, -0.15) is 0 Å². The van der Waals surface area contributed by atoms with Gasteiger partial charge in [-0.25, -0.2) is 0 Å². The molecule has 0 aliphatic heterocycles. The predicted molar refractivity (Wildman–Crippen MR) is 113 cm³/mol. The number of benzene rings is 2. The minimum Gasteiger partial charge on any atom is -0.497 e. The van der Waals surface area contributed by atoms with Crippen molar-refractivity contribution in [3.05, 3.63) is 60.2 Å². The third-order valence-electron chi connectivity index (χ3n) is 4.76. The smallest absolute Gasteiger partial charge is 0.261 e. The topological polar surface area (TPSA) is 67.9 Å². The van der Waals surface area contributed by atoms with E-state index >= 15 is 0 Å². The Morgan fingerprint density at radius 1 is 1.03 bits per heavy atom. The lowest BCUT2D eigenvalue weighted by Crippen LogP contribution is -2.50. The number of nitrogens with one attached hydrogen (secondary N) is 1. The number of methoxy groups -OCH3 is 1. The minimum absolute atomic E-state index is 0.0410. The zero-order valence-electron chi connectivity index (χ0n) is 17.6. The highest BCUT2D eigenvalue weighted by molar-refractivity contribution is 5.88. The third kappa shape index (κ3) is 6.82. The maximum absolute atomic E-state index is 13.0. The Kier molecular flexibility index (Phi) is 8.52. The average molecular weight is 399 g/mol. The van der Waals surface area contributed by atoms with Crippen LogP contribution in [0, 0.1) is 0 Å². The van der Waals surface area contributed by atoms with E-state index in [0.717, 1.165) is 12.0 Å². The molecule has 2 atom stereocenters. The Balaban J connectivity index is 2.16. The van der Waals surface area contributed by atoms with E-state index in [4.69, 9.17) is 9.47 Å². The summed E-state index contributed by atoms with van der Waals surface area (Å²) in [7, 11) is 1.60. The largest absolute Gasteiger partial charge is 0.497 e. The van der Waals surface area contributed by atoms with Gasteiger partial charge in [0.2, 0.25) is 5.91 Å². The number of ether oxygens (including phenoxy) is 2. The van der Waals surface area contributed by atoms with Crippen molar-refractivity contribution in [3.8, 4) is 11.5 Å². The lowest BCUT2D eigenvalue weighted by atomic mass is 10.1. The minimum atomic E-state index is -0.637. The van der Waals surface area contributed by atoms with E-state index in [1.807, 2.05) is 56.3 Å². The molecule has 0 saturated heterocycles. The zero-order chi connectivity index (χ0) is 21.2. The summed E-state index contributed by atoms with van der Waals surface area (Å²) in [6.07, 6.45) is 0.819. The molecule has 2 aromatic rings. The first-order chi connectivity index (χ1) is 13.9.